The Bertz CT molecular complexity index is 1980. The van der Waals surface area contributed by atoms with E-state index in [0.29, 0.717) is 49.8 Å². The van der Waals surface area contributed by atoms with Gasteiger partial charge in [0.2, 0.25) is 0 Å². The van der Waals surface area contributed by atoms with Crippen LogP contribution in [0.25, 0.3) is 10.6 Å². The van der Waals surface area contributed by atoms with Crippen molar-refractivity contribution in [1.82, 2.24) is 25.5 Å². The lowest BCUT2D eigenvalue weighted by Gasteiger charge is -2.33. The van der Waals surface area contributed by atoms with Gasteiger partial charge in [0.25, 0.3) is 11.8 Å². The molecule has 3 heterocycles. The van der Waals surface area contributed by atoms with Gasteiger partial charge in [-0.15, -0.1) is 11.3 Å². The molecule has 0 aliphatic carbocycles. The summed E-state index contributed by atoms with van der Waals surface area (Å²) in [6.45, 7) is 3.34. The van der Waals surface area contributed by atoms with E-state index in [0.717, 1.165) is 51.6 Å². The number of amides is 6. The van der Waals surface area contributed by atoms with Crippen molar-refractivity contribution in [3.8, 4) is 16.3 Å². The topological polar surface area (TPSA) is 161 Å². The highest BCUT2D eigenvalue weighted by atomic mass is 32.1. The zero-order valence-corrected chi connectivity index (χ0v) is 29.0. The number of benzene rings is 3. The van der Waals surface area contributed by atoms with Crippen molar-refractivity contribution in [3.05, 3.63) is 89.4 Å². The van der Waals surface area contributed by atoms with Crippen LogP contribution in [0.3, 0.4) is 0 Å². The summed E-state index contributed by atoms with van der Waals surface area (Å²) in [6.07, 6.45) is -3.49. The van der Waals surface area contributed by atoms with Gasteiger partial charge in [0.15, 0.2) is 6.04 Å². The van der Waals surface area contributed by atoms with Crippen molar-refractivity contribution >= 4 is 58.5 Å². The number of anilines is 3. The minimum absolute atomic E-state index is 0.0535. The highest BCUT2D eigenvalue weighted by molar-refractivity contribution is 7.13. The highest BCUT2D eigenvalue weighted by Gasteiger charge is 2.39. The molecule has 0 spiro atoms. The Hall–Kier alpha value is -5.85. The molecule has 0 bridgehead atoms. The van der Waals surface area contributed by atoms with Crippen LogP contribution >= 0.6 is 11.3 Å². The fourth-order valence-corrected chi connectivity index (χ4v) is 6.48. The monoisotopic (exact) mass is 749 g/mol. The van der Waals surface area contributed by atoms with Crippen molar-refractivity contribution in [2.45, 2.75) is 18.8 Å². The largest absolute Gasteiger partial charge is 0.497 e. The molecule has 18 heteroatoms. The predicted molar refractivity (Wildman–Crippen MR) is 193 cm³/mol. The molecule has 2 fully saturated rings. The third-order valence-electron chi connectivity index (χ3n) is 8.36. The van der Waals surface area contributed by atoms with E-state index < -0.39 is 35.6 Å². The SMILES string of the molecule is COc1cccc(NC(=O)Nc2ccc(-c3nc(CN4CCN(CC(=O)N/N=C/C5C(=O)NC(=O)N5c5ccc(C(F)(F)F)cc5)CC4)cs3)cc2)c1. The van der Waals surface area contributed by atoms with Crippen LogP contribution in [0.15, 0.2) is 83.3 Å². The van der Waals surface area contributed by atoms with Crippen molar-refractivity contribution in [3.63, 3.8) is 0 Å². The Morgan fingerprint density at radius 1 is 0.981 bits per heavy atom. The van der Waals surface area contributed by atoms with E-state index in [1.165, 1.54) is 11.3 Å². The van der Waals surface area contributed by atoms with Gasteiger partial charge in [-0.05, 0) is 60.7 Å². The number of carbonyl (C=O) groups is 4. The molecular formula is C35H34F3N9O5S. The second-order valence-electron chi connectivity index (χ2n) is 12.1. The Kier molecular flexibility index (Phi) is 11.3. The molecule has 0 saturated carbocycles. The second kappa shape index (κ2) is 16.2. The van der Waals surface area contributed by atoms with Crippen molar-refractivity contribution in [2.75, 3.05) is 55.4 Å². The van der Waals surface area contributed by atoms with Crippen molar-refractivity contribution in [1.29, 1.82) is 0 Å². The summed E-state index contributed by atoms with van der Waals surface area (Å²) in [5.41, 5.74) is 4.61. The molecule has 276 valence electrons. The molecule has 1 aromatic heterocycles. The Balaban J connectivity index is 0.929. The molecule has 1 atom stereocenters. The highest BCUT2D eigenvalue weighted by Crippen LogP contribution is 2.31. The van der Waals surface area contributed by atoms with Crippen molar-refractivity contribution in [2.24, 2.45) is 5.10 Å². The third kappa shape index (κ3) is 9.53. The maximum Gasteiger partial charge on any atom is 0.416 e. The summed E-state index contributed by atoms with van der Waals surface area (Å²) in [4.78, 5) is 59.7. The second-order valence-corrected chi connectivity index (χ2v) is 12.9. The number of alkyl halides is 3. The molecule has 53 heavy (non-hydrogen) atoms. The van der Waals surface area contributed by atoms with Crippen LogP contribution in [0.5, 0.6) is 5.75 Å². The molecule has 2 saturated heterocycles. The molecule has 4 N–H and O–H groups in total. The van der Waals surface area contributed by atoms with Crippen LogP contribution in [0.1, 0.15) is 11.3 Å². The zero-order valence-electron chi connectivity index (χ0n) is 28.2. The lowest BCUT2D eigenvalue weighted by atomic mass is 10.1. The number of urea groups is 2. The van der Waals surface area contributed by atoms with Crippen LogP contribution < -0.4 is 31.0 Å². The molecule has 4 aromatic rings. The minimum Gasteiger partial charge on any atom is -0.497 e. The zero-order chi connectivity index (χ0) is 37.5. The van der Waals surface area contributed by atoms with Gasteiger partial charge in [0.05, 0.1) is 31.1 Å². The summed E-state index contributed by atoms with van der Waals surface area (Å²) in [5, 5.41) is 14.4. The normalized spacial score (nSPS) is 16.8. The Labute approximate surface area is 305 Å². The van der Waals surface area contributed by atoms with Crippen LogP contribution in [-0.4, -0.2) is 90.8 Å². The number of hydrogen-bond donors (Lipinski definition) is 4. The first-order valence-electron chi connectivity index (χ1n) is 16.3. The Morgan fingerprint density at radius 2 is 1.68 bits per heavy atom. The number of hydrazone groups is 1. The van der Waals surface area contributed by atoms with Gasteiger partial charge in [0.1, 0.15) is 10.8 Å². The van der Waals surface area contributed by atoms with E-state index in [9.17, 15) is 32.3 Å². The summed E-state index contributed by atoms with van der Waals surface area (Å²) in [7, 11) is 1.56. The fourth-order valence-electron chi connectivity index (χ4n) is 5.66. The molecule has 2 aliphatic rings. The number of nitrogens with zero attached hydrogens (tertiary/aromatic N) is 5. The quantitative estimate of drug-likeness (QED) is 0.0965. The molecule has 6 rings (SSSR count). The first-order chi connectivity index (χ1) is 25.4. The number of piperazine rings is 1. The molecule has 3 aromatic carbocycles. The van der Waals surface area contributed by atoms with Crippen LogP contribution in [0.2, 0.25) is 0 Å². The molecule has 1 unspecified atom stereocenters. The van der Waals surface area contributed by atoms with Gasteiger partial charge >= 0.3 is 18.2 Å². The summed E-state index contributed by atoms with van der Waals surface area (Å²) in [5.74, 6) is -0.516. The number of halogens is 3. The average Bonchev–Trinajstić information content (AvgIpc) is 3.71. The van der Waals surface area contributed by atoms with Gasteiger partial charge in [-0.3, -0.25) is 29.6 Å². The number of nitrogens with one attached hydrogen (secondary N) is 4. The molecular weight excluding hydrogens is 716 g/mol. The first kappa shape index (κ1) is 36.9. The minimum atomic E-state index is -4.55. The maximum absolute atomic E-state index is 12.9. The van der Waals surface area contributed by atoms with E-state index in [2.05, 4.69) is 31.4 Å². The van der Waals surface area contributed by atoms with Gasteiger partial charge in [-0.2, -0.15) is 18.3 Å². The molecule has 2 aliphatic heterocycles. The first-order valence-corrected chi connectivity index (χ1v) is 17.2. The lowest BCUT2D eigenvalue weighted by Crippen LogP contribution is -2.48. The number of imide groups is 1. The van der Waals surface area contributed by atoms with Crippen molar-refractivity contribution < 1.29 is 37.1 Å². The molecule has 6 amide bonds. The standard InChI is InChI=1S/C35H34F3N9O5S/c1-52-28-4-2-3-25(17-28)42-33(50)41-24-9-5-22(6-10-24)32-40-26(21-53-32)19-45-13-15-46(16-14-45)20-30(48)44-39-18-29-31(49)43-34(51)47(29)27-11-7-23(8-12-27)35(36,37)38/h2-12,17-18,21,29H,13-16,19-20H2,1H3,(H,44,48)(H2,41,42,50)(H,43,49,51)/b39-18+. The number of rotatable bonds is 11. The number of hydrogen-bond acceptors (Lipinski definition) is 10. The lowest BCUT2D eigenvalue weighted by molar-refractivity contribution is -0.137. The van der Waals surface area contributed by atoms with Gasteiger partial charge in [0, 0.05) is 66.8 Å². The average molecular weight is 750 g/mol. The van der Waals surface area contributed by atoms with E-state index in [-0.39, 0.29) is 18.3 Å². The van der Waals surface area contributed by atoms with Crippen LogP contribution in [-0.2, 0) is 22.3 Å². The van der Waals surface area contributed by atoms with Gasteiger partial charge in [-0.1, -0.05) is 6.07 Å². The third-order valence-corrected chi connectivity index (χ3v) is 9.30. The van der Waals surface area contributed by atoms with E-state index in [1.807, 2.05) is 34.5 Å². The smallest absolute Gasteiger partial charge is 0.416 e. The predicted octanol–water partition coefficient (Wildman–Crippen LogP) is 4.83. The summed E-state index contributed by atoms with van der Waals surface area (Å²) in [6, 6.07) is 15.8. The Morgan fingerprint density at radius 3 is 2.38 bits per heavy atom. The van der Waals surface area contributed by atoms with E-state index >= 15 is 0 Å². The number of ether oxygens (including phenoxy) is 1. The molecule has 0 radical (unpaired) electrons. The maximum atomic E-state index is 12.9. The van der Waals surface area contributed by atoms with E-state index in [1.54, 1.807) is 31.4 Å². The van der Waals surface area contributed by atoms with Gasteiger partial charge < -0.3 is 15.4 Å². The van der Waals surface area contributed by atoms with Crippen LogP contribution in [0.4, 0.5) is 39.8 Å². The van der Waals surface area contributed by atoms with Gasteiger partial charge in [-0.25, -0.2) is 20.0 Å². The number of aromatic nitrogens is 1. The van der Waals surface area contributed by atoms with Crippen LogP contribution in [0, 0.1) is 0 Å². The fraction of sp³-hybridized carbons (Fsp3) is 0.257. The van der Waals surface area contributed by atoms with E-state index in [4.69, 9.17) is 9.72 Å². The number of methoxy groups -OCH3 is 1. The number of carbonyl (C=O) groups excluding carboxylic acids is 4. The summed E-state index contributed by atoms with van der Waals surface area (Å²) >= 11 is 1.53. The number of thiazole rings is 1. The molecule has 14 nitrogen and oxygen atoms in total. The summed E-state index contributed by atoms with van der Waals surface area (Å²) < 4.78 is 44.0.